The topological polar surface area (TPSA) is 117 Å². The van der Waals surface area contributed by atoms with Crippen LogP contribution in [0.3, 0.4) is 0 Å². The van der Waals surface area contributed by atoms with Gasteiger partial charge in [0.1, 0.15) is 11.5 Å². The number of quaternary nitrogens is 1. The van der Waals surface area contributed by atoms with Crippen LogP contribution in [-0.4, -0.2) is 70.9 Å². The number of likely N-dealkylation sites (tertiary alicyclic amines) is 1. The van der Waals surface area contributed by atoms with Gasteiger partial charge in [-0.15, -0.1) is 0 Å². The van der Waals surface area contributed by atoms with Crippen molar-refractivity contribution in [1.29, 1.82) is 0 Å². The minimum atomic E-state index is -0.774. The van der Waals surface area contributed by atoms with Gasteiger partial charge in [0.05, 0.1) is 44.9 Å². The summed E-state index contributed by atoms with van der Waals surface area (Å²) in [5, 5.41) is 11.3. The quantitative estimate of drug-likeness (QED) is 0.238. The highest BCUT2D eigenvalue weighted by Crippen LogP contribution is 2.40. The van der Waals surface area contributed by atoms with Crippen molar-refractivity contribution in [3.8, 4) is 0 Å². The summed E-state index contributed by atoms with van der Waals surface area (Å²) in [5.41, 5.74) is 2.07. The molecule has 1 amide bonds. The van der Waals surface area contributed by atoms with Gasteiger partial charge in [0.25, 0.3) is 11.7 Å². The summed E-state index contributed by atoms with van der Waals surface area (Å²) in [6.07, 6.45) is 3.20. The molecule has 1 atom stereocenters. The fourth-order valence-electron chi connectivity index (χ4n) is 4.42. The Labute approximate surface area is 193 Å². The molecule has 2 aromatic rings. The third-order valence-electron chi connectivity index (χ3n) is 6.31. The summed E-state index contributed by atoms with van der Waals surface area (Å²) < 4.78 is 4.80. The van der Waals surface area contributed by atoms with Crippen molar-refractivity contribution in [1.82, 2.24) is 14.9 Å². The van der Waals surface area contributed by atoms with E-state index in [1.54, 1.807) is 38.4 Å². The molecule has 33 heavy (non-hydrogen) atoms. The average molecular weight is 456 g/mol. The van der Waals surface area contributed by atoms with Crippen molar-refractivity contribution in [2.24, 2.45) is 0 Å². The summed E-state index contributed by atoms with van der Waals surface area (Å²) in [7, 11) is 1.27. The van der Waals surface area contributed by atoms with E-state index < -0.39 is 23.7 Å². The Hall–Kier alpha value is -3.46. The van der Waals surface area contributed by atoms with Gasteiger partial charge in [-0.05, 0) is 44.9 Å². The second kappa shape index (κ2) is 9.99. The standard InChI is InChI=1S/C24H30N4O5/c1-6-27(7-2)11-12-28-20(16-9-8-10-25-13-16)18(22(30)23(28)31)21(29)17-14(3)19(24(32)33-5)26-15(17)4/h8-10,13,20,26,29H,6-7,11-12H2,1-5H3/p+1/b21-18-/t20-/m1/s1. The number of aliphatic hydroxyl groups is 1. The van der Waals surface area contributed by atoms with Gasteiger partial charge in [-0.25, -0.2) is 4.79 Å². The number of H-pyrrole nitrogens is 1. The number of aromatic nitrogens is 2. The van der Waals surface area contributed by atoms with E-state index in [0.717, 1.165) is 13.1 Å². The predicted molar refractivity (Wildman–Crippen MR) is 122 cm³/mol. The SMILES string of the molecule is CC[NH+](CC)CCN1C(=O)C(=O)/C(=C(\O)c2c(C)[nH]c(C(=O)OC)c2C)[C@H]1c1cccnc1. The van der Waals surface area contributed by atoms with E-state index in [1.165, 1.54) is 16.9 Å². The fraction of sp³-hybridized carbons (Fsp3) is 0.417. The van der Waals surface area contributed by atoms with Crippen molar-refractivity contribution >= 4 is 23.4 Å². The number of hydrogen-bond acceptors (Lipinski definition) is 6. The second-order valence-corrected chi connectivity index (χ2v) is 8.10. The highest BCUT2D eigenvalue weighted by Gasteiger charge is 2.46. The van der Waals surface area contributed by atoms with E-state index in [1.807, 2.05) is 0 Å². The van der Waals surface area contributed by atoms with E-state index in [-0.39, 0.29) is 17.0 Å². The highest BCUT2D eigenvalue weighted by molar-refractivity contribution is 6.46. The first kappa shape index (κ1) is 24.2. The number of carbonyl (C=O) groups is 3. The number of pyridine rings is 1. The number of nitrogens with one attached hydrogen (secondary N) is 2. The maximum atomic E-state index is 13.2. The Balaban J connectivity index is 2.16. The summed E-state index contributed by atoms with van der Waals surface area (Å²) in [6, 6.07) is 2.74. The minimum absolute atomic E-state index is 0.0100. The smallest absolute Gasteiger partial charge is 0.354 e. The van der Waals surface area contributed by atoms with Crippen LogP contribution in [0.2, 0.25) is 0 Å². The normalized spacial score (nSPS) is 17.8. The average Bonchev–Trinajstić information content (AvgIpc) is 3.26. The first-order chi connectivity index (χ1) is 15.8. The van der Waals surface area contributed by atoms with Gasteiger partial charge >= 0.3 is 5.97 Å². The van der Waals surface area contributed by atoms with Gasteiger partial charge in [0.15, 0.2) is 0 Å². The van der Waals surface area contributed by atoms with Crippen LogP contribution in [0.1, 0.15) is 52.8 Å². The van der Waals surface area contributed by atoms with E-state index in [0.29, 0.717) is 35.5 Å². The predicted octanol–water partition coefficient (Wildman–Crippen LogP) is 1.16. The molecule has 3 rings (SSSR count). The van der Waals surface area contributed by atoms with E-state index in [9.17, 15) is 19.5 Å². The highest BCUT2D eigenvalue weighted by atomic mass is 16.5. The fourth-order valence-corrected chi connectivity index (χ4v) is 4.42. The molecule has 3 heterocycles. The number of esters is 1. The van der Waals surface area contributed by atoms with Gasteiger partial charge in [-0.1, -0.05) is 6.07 Å². The Morgan fingerprint density at radius 1 is 1.27 bits per heavy atom. The van der Waals surface area contributed by atoms with Crippen molar-refractivity contribution in [3.05, 3.63) is 58.2 Å². The van der Waals surface area contributed by atoms with Crippen molar-refractivity contribution in [3.63, 3.8) is 0 Å². The number of aliphatic hydroxyl groups excluding tert-OH is 1. The first-order valence-corrected chi connectivity index (χ1v) is 11.1. The summed E-state index contributed by atoms with van der Waals surface area (Å²) in [4.78, 5) is 48.2. The molecule has 0 bridgehead atoms. The number of ether oxygens (including phenoxy) is 1. The summed E-state index contributed by atoms with van der Waals surface area (Å²) >= 11 is 0. The van der Waals surface area contributed by atoms with Gasteiger partial charge in [0, 0.05) is 23.7 Å². The Morgan fingerprint density at radius 2 is 1.97 bits per heavy atom. The third-order valence-corrected chi connectivity index (χ3v) is 6.31. The molecule has 0 spiro atoms. The zero-order chi connectivity index (χ0) is 24.3. The van der Waals surface area contributed by atoms with Crippen molar-refractivity contribution < 1.29 is 29.1 Å². The maximum Gasteiger partial charge on any atom is 0.354 e. The van der Waals surface area contributed by atoms with Crippen LogP contribution < -0.4 is 4.90 Å². The second-order valence-electron chi connectivity index (χ2n) is 8.10. The first-order valence-electron chi connectivity index (χ1n) is 11.1. The monoisotopic (exact) mass is 455 g/mol. The molecule has 0 saturated carbocycles. The number of methoxy groups -OCH3 is 1. The molecule has 3 N–H and O–H groups in total. The summed E-state index contributed by atoms with van der Waals surface area (Å²) in [5.74, 6) is -2.31. The zero-order valence-electron chi connectivity index (χ0n) is 19.7. The molecule has 9 heteroatoms. The Morgan fingerprint density at radius 3 is 2.55 bits per heavy atom. The van der Waals surface area contributed by atoms with Crippen LogP contribution >= 0.6 is 0 Å². The molecule has 0 unspecified atom stereocenters. The molecule has 2 aromatic heterocycles. The lowest BCUT2D eigenvalue weighted by Crippen LogP contribution is -3.12. The number of carbonyl (C=O) groups excluding carboxylic acids is 3. The Kier molecular flexibility index (Phi) is 7.33. The number of amides is 1. The van der Waals surface area contributed by atoms with Crippen LogP contribution in [0.5, 0.6) is 0 Å². The van der Waals surface area contributed by atoms with Crippen molar-refractivity contribution in [2.75, 3.05) is 33.3 Å². The molecule has 0 aromatic carbocycles. The molecular weight excluding hydrogens is 424 g/mol. The number of likely N-dealkylation sites (N-methyl/N-ethyl adjacent to an activating group) is 1. The van der Waals surface area contributed by atoms with Crippen LogP contribution in [0.25, 0.3) is 5.76 Å². The molecule has 1 aliphatic heterocycles. The number of hydrogen-bond donors (Lipinski definition) is 3. The van der Waals surface area contributed by atoms with Crippen LogP contribution in [0, 0.1) is 13.8 Å². The lowest BCUT2D eigenvalue weighted by molar-refractivity contribution is -0.895. The number of nitrogens with zero attached hydrogens (tertiary/aromatic N) is 2. The minimum Gasteiger partial charge on any atom is -0.507 e. The van der Waals surface area contributed by atoms with E-state index in [2.05, 4.69) is 23.8 Å². The number of aryl methyl sites for hydroxylation is 1. The van der Waals surface area contributed by atoms with E-state index >= 15 is 0 Å². The molecular formula is C24H31N4O5+. The van der Waals surface area contributed by atoms with E-state index in [4.69, 9.17) is 4.74 Å². The van der Waals surface area contributed by atoms with Crippen molar-refractivity contribution in [2.45, 2.75) is 33.7 Å². The molecule has 1 aliphatic rings. The Bertz CT molecular complexity index is 1090. The molecule has 0 radical (unpaired) electrons. The van der Waals surface area contributed by atoms with Gasteiger partial charge in [0.2, 0.25) is 0 Å². The molecule has 176 valence electrons. The maximum absolute atomic E-state index is 13.2. The molecule has 1 saturated heterocycles. The van der Waals surface area contributed by atoms with Crippen LogP contribution in [-0.2, 0) is 14.3 Å². The number of ketones is 1. The number of Topliss-reactive ketones (excluding diaryl/α,β-unsaturated/α-hetero) is 1. The molecule has 0 aliphatic carbocycles. The third kappa shape index (κ3) is 4.41. The largest absolute Gasteiger partial charge is 0.507 e. The lowest BCUT2D eigenvalue weighted by atomic mass is 9.95. The zero-order valence-corrected chi connectivity index (χ0v) is 19.7. The molecule has 1 fully saturated rings. The number of rotatable bonds is 8. The van der Waals surface area contributed by atoms with Crippen LogP contribution in [0.15, 0.2) is 30.1 Å². The van der Waals surface area contributed by atoms with Gasteiger partial charge in [-0.2, -0.15) is 0 Å². The number of aromatic amines is 1. The van der Waals surface area contributed by atoms with Crippen LogP contribution in [0.4, 0.5) is 0 Å². The molecule has 9 nitrogen and oxygen atoms in total. The lowest BCUT2D eigenvalue weighted by Gasteiger charge is -2.26. The van der Waals surface area contributed by atoms with Gasteiger partial charge in [-0.3, -0.25) is 14.6 Å². The summed E-state index contributed by atoms with van der Waals surface area (Å²) in [6.45, 7) is 10.3. The van der Waals surface area contributed by atoms with Gasteiger partial charge < -0.3 is 24.6 Å².